The number of fused-ring (bicyclic) bond motifs is 1. The molecule has 0 aromatic heterocycles. The molecule has 17 heavy (non-hydrogen) atoms. The van der Waals surface area contributed by atoms with E-state index in [1.54, 1.807) is 0 Å². The van der Waals surface area contributed by atoms with E-state index in [1.165, 1.54) is 11.1 Å². The van der Waals surface area contributed by atoms with Gasteiger partial charge in [-0.2, -0.15) is 0 Å². The second-order valence-electron chi connectivity index (χ2n) is 5.49. The number of carbonyl (C=O) groups excluding carboxylic acids is 1. The first-order valence-electron chi connectivity index (χ1n) is 6.61. The number of hydrogen-bond acceptors (Lipinski definition) is 2. The van der Waals surface area contributed by atoms with Crippen LogP contribution in [0.5, 0.6) is 0 Å². The van der Waals surface area contributed by atoms with E-state index in [4.69, 9.17) is 4.74 Å². The van der Waals surface area contributed by atoms with Crippen molar-refractivity contribution in [1.29, 1.82) is 0 Å². The maximum absolute atomic E-state index is 11.7. The van der Waals surface area contributed by atoms with Gasteiger partial charge in [0.2, 0.25) is 0 Å². The Kier molecular flexibility index (Phi) is 3.70. The third-order valence-corrected chi connectivity index (χ3v) is 4.04. The highest BCUT2D eigenvalue weighted by molar-refractivity contribution is 5.75. The van der Waals surface area contributed by atoms with E-state index in [1.807, 2.05) is 6.92 Å². The van der Waals surface area contributed by atoms with Crippen LogP contribution in [-0.2, 0) is 9.53 Å². The van der Waals surface area contributed by atoms with Crippen LogP contribution in [0.3, 0.4) is 0 Å². The van der Waals surface area contributed by atoms with Crippen LogP contribution in [-0.4, -0.2) is 12.1 Å². The summed E-state index contributed by atoms with van der Waals surface area (Å²) in [4.78, 5) is 11.7. The molecule has 1 aliphatic heterocycles. The average Bonchev–Trinajstić information content (AvgIpc) is 2.52. The van der Waals surface area contributed by atoms with Crippen LogP contribution in [0.15, 0.2) is 23.3 Å². The zero-order valence-corrected chi connectivity index (χ0v) is 11.0. The summed E-state index contributed by atoms with van der Waals surface area (Å²) in [6.45, 7) is 6.33. The summed E-state index contributed by atoms with van der Waals surface area (Å²) in [6, 6.07) is 0. The van der Waals surface area contributed by atoms with E-state index >= 15 is 0 Å². The smallest absolute Gasteiger partial charge is 0.309 e. The second kappa shape index (κ2) is 5.07. The first-order valence-corrected chi connectivity index (χ1v) is 6.61. The normalized spacial score (nSPS) is 37.6. The van der Waals surface area contributed by atoms with Gasteiger partial charge in [-0.1, -0.05) is 24.1 Å². The molecule has 2 aliphatic rings. The van der Waals surface area contributed by atoms with E-state index in [-0.39, 0.29) is 18.0 Å². The Bertz CT molecular complexity index is 365. The molecule has 94 valence electrons. The number of rotatable bonds is 0. The van der Waals surface area contributed by atoms with Gasteiger partial charge in [0.25, 0.3) is 0 Å². The summed E-state index contributed by atoms with van der Waals surface area (Å²) in [5, 5.41) is 0. The van der Waals surface area contributed by atoms with Crippen LogP contribution in [0.1, 0.15) is 46.5 Å². The molecular weight excluding hydrogens is 212 g/mol. The zero-order chi connectivity index (χ0) is 12.4. The van der Waals surface area contributed by atoms with Gasteiger partial charge >= 0.3 is 5.97 Å². The predicted octanol–water partition coefficient (Wildman–Crippen LogP) is 3.63. The topological polar surface area (TPSA) is 26.3 Å². The van der Waals surface area contributed by atoms with Gasteiger partial charge in [0, 0.05) is 5.92 Å². The minimum atomic E-state index is -0.0232. The fourth-order valence-electron chi connectivity index (χ4n) is 2.77. The summed E-state index contributed by atoms with van der Waals surface area (Å²) < 4.78 is 5.48. The summed E-state index contributed by atoms with van der Waals surface area (Å²) >= 11 is 0. The highest BCUT2D eigenvalue weighted by atomic mass is 16.6. The van der Waals surface area contributed by atoms with Crippen molar-refractivity contribution in [1.82, 2.24) is 0 Å². The molecule has 1 heterocycles. The van der Waals surface area contributed by atoms with E-state index in [9.17, 15) is 4.79 Å². The molecule has 1 fully saturated rings. The number of carbonyl (C=O) groups is 1. The first-order chi connectivity index (χ1) is 8.08. The van der Waals surface area contributed by atoms with Crippen LogP contribution in [0.25, 0.3) is 0 Å². The lowest BCUT2D eigenvalue weighted by atomic mass is 9.85. The Balaban J connectivity index is 2.21. The van der Waals surface area contributed by atoms with Crippen molar-refractivity contribution in [3.63, 3.8) is 0 Å². The summed E-state index contributed by atoms with van der Waals surface area (Å²) in [7, 11) is 0. The molecular formula is C15H22O2. The highest BCUT2D eigenvalue weighted by Crippen LogP contribution is 2.35. The molecule has 2 heteroatoms. The maximum atomic E-state index is 11.7. The van der Waals surface area contributed by atoms with Crippen LogP contribution in [0.2, 0.25) is 0 Å². The molecule has 3 atom stereocenters. The molecule has 1 aliphatic carbocycles. The molecule has 0 saturated carbocycles. The van der Waals surface area contributed by atoms with Gasteiger partial charge in [-0.3, -0.25) is 4.79 Å². The van der Waals surface area contributed by atoms with Crippen molar-refractivity contribution in [2.45, 2.75) is 52.6 Å². The van der Waals surface area contributed by atoms with E-state index in [0.717, 1.165) is 25.7 Å². The largest absolute Gasteiger partial charge is 0.458 e. The van der Waals surface area contributed by atoms with Gasteiger partial charge in [0.15, 0.2) is 0 Å². The molecule has 0 spiro atoms. The van der Waals surface area contributed by atoms with Gasteiger partial charge in [0.05, 0.1) is 5.92 Å². The lowest BCUT2D eigenvalue weighted by Gasteiger charge is -2.19. The number of ether oxygens (including phenoxy) is 1. The quantitative estimate of drug-likeness (QED) is 0.472. The summed E-state index contributed by atoms with van der Waals surface area (Å²) in [6.07, 6.45) is 8.85. The van der Waals surface area contributed by atoms with Gasteiger partial charge in [0.1, 0.15) is 6.10 Å². The first kappa shape index (κ1) is 12.4. The molecule has 1 saturated heterocycles. The van der Waals surface area contributed by atoms with Gasteiger partial charge < -0.3 is 4.74 Å². The minimum Gasteiger partial charge on any atom is -0.458 e. The standard InChI is InChI=1S/C15H22O2/c1-10-5-4-6-11(2)9-14-13(8-7-10)12(3)15(16)17-14/h5,9,12-14H,4,6-8H2,1-3H3/b10-5+,11-9?/t12-,13-,14+/m0/s1. The predicted molar refractivity (Wildman–Crippen MR) is 68.5 cm³/mol. The third-order valence-electron chi connectivity index (χ3n) is 4.04. The number of hydrogen-bond donors (Lipinski definition) is 0. The molecule has 0 aromatic carbocycles. The molecule has 0 unspecified atom stereocenters. The molecule has 0 N–H and O–H groups in total. The Morgan fingerprint density at radius 1 is 1.24 bits per heavy atom. The lowest BCUT2D eigenvalue weighted by Crippen LogP contribution is -2.18. The fourth-order valence-corrected chi connectivity index (χ4v) is 2.77. The Labute approximate surface area is 104 Å². The fraction of sp³-hybridized carbons (Fsp3) is 0.667. The second-order valence-corrected chi connectivity index (χ2v) is 5.49. The van der Waals surface area contributed by atoms with Crippen molar-refractivity contribution >= 4 is 5.97 Å². The molecule has 0 bridgehead atoms. The molecule has 0 radical (unpaired) electrons. The Morgan fingerprint density at radius 3 is 2.76 bits per heavy atom. The van der Waals surface area contributed by atoms with Crippen molar-refractivity contribution < 1.29 is 9.53 Å². The SMILES string of the molecule is CC1=C[C@H]2OC(=O)[C@@H](C)[C@@H]2CC/C(C)=C/CC1. The van der Waals surface area contributed by atoms with Crippen molar-refractivity contribution in [2.24, 2.45) is 11.8 Å². The summed E-state index contributed by atoms with van der Waals surface area (Å²) in [5.41, 5.74) is 2.79. The monoisotopic (exact) mass is 234 g/mol. The van der Waals surface area contributed by atoms with Gasteiger partial charge in [-0.05, 0) is 45.6 Å². The number of allylic oxidation sites excluding steroid dienone is 3. The van der Waals surface area contributed by atoms with Crippen LogP contribution >= 0.6 is 0 Å². The van der Waals surface area contributed by atoms with E-state index in [0.29, 0.717) is 5.92 Å². The third kappa shape index (κ3) is 2.80. The number of esters is 1. The molecule has 2 nitrogen and oxygen atoms in total. The van der Waals surface area contributed by atoms with Crippen molar-refractivity contribution in [2.75, 3.05) is 0 Å². The molecule has 2 rings (SSSR count). The lowest BCUT2D eigenvalue weighted by molar-refractivity contribution is -0.142. The minimum absolute atomic E-state index is 0.0170. The van der Waals surface area contributed by atoms with Crippen molar-refractivity contribution in [3.05, 3.63) is 23.3 Å². The van der Waals surface area contributed by atoms with Crippen LogP contribution < -0.4 is 0 Å². The Morgan fingerprint density at radius 2 is 2.00 bits per heavy atom. The van der Waals surface area contributed by atoms with Crippen molar-refractivity contribution in [3.8, 4) is 0 Å². The molecule has 0 amide bonds. The zero-order valence-electron chi connectivity index (χ0n) is 11.0. The van der Waals surface area contributed by atoms with Crippen LogP contribution in [0.4, 0.5) is 0 Å². The summed E-state index contributed by atoms with van der Waals surface area (Å²) in [5.74, 6) is 0.389. The van der Waals surface area contributed by atoms with Gasteiger partial charge in [-0.15, -0.1) is 0 Å². The van der Waals surface area contributed by atoms with Crippen LogP contribution in [0, 0.1) is 11.8 Å². The van der Waals surface area contributed by atoms with E-state index < -0.39 is 0 Å². The highest BCUT2D eigenvalue weighted by Gasteiger charge is 2.40. The van der Waals surface area contributed by atoms with E-state index in [2.05, 4.69) is 26.0 Å². The maximum Gasteiger partial charge on any atom is 0.309 e. The molecule has 0 aromatic rings. The average molecular weight is 234 g/mol. The Hall–Kier alpha value is -1.05. The van der Waals surface area contributed by atoms with Gasteiger partial charge in [-0.25, -0.2) is 0 Å².